The first-order valence-electron chi connectivity index (χ1n) is 9.69. The second kappa shape index (κ2) is 8.69. The summed E-state index contributed by atoms with van der Waals surface area (Å²) in [5.41, 5.74) is 0.991. The molecule has 0 radical (unpaired) electrons. The fourth-order valence-corrected chi connectivity index (χ4v) is 3.93. The van der Waals surface area contributed by atoms with Gasteiger partial charge in [0, 0.05) is 58.9 Å². The number of carbonyl (C=O) groups is 2. The van der Waals surface area contributed by atoms with E-state index in [1.165, 1.54) is 12.1 Å². The molecular formula is C20H29FN4O2. The molecule has 0 bridgehead atoms. The summed E-state index contributed by atoms with van der Waals surface area (Å²) in [7, 11) is 3.56. The highest BCUT2D eigenvalue weighted by atomic mass is 19.1. The Balaban J connectivity index is 1.45. The molecule has 148 valence electrons. The van der Waals surface area contributed by atoms with Gasteiger partial charge in [-0.1, -0.05) is 0 Å². The van der Waals surface area contributed by atoms with Crippen LogP contribution >= 0.6 is 0 Å². The molecule has 2 aliphatic heterocycles. The highest BCUT2D eigenvalue weighted by molar-refractivity contribution is 5.82. The molecule has 1 aromatic rings. The number of benzene rings is 1. The molecular weight excluding hydrogens is 347 g/mol. The number of likely N-dealkylation sites (N-methyl/N-ethyl adjacent to an activating group) is 1. The first-order valence-corrected chi connectivity index (χ1v) is 9.69. The van der Waals surface area contributed by atoms with Crippen LogP contribution in [0.15, 0.2) is 24.3 Å². The standard InChI is InChI=1S/C20H29FN4O2/c1-22(2)20(27)18-4-3-10-24(18)11-9-19(26)25-14-12-23(13-15-25)17-7-5-16(21)6-8-17/h5-8,18H,3-4,9-15H2,1-2H3. The van der Waals surface area contributed by atoms with Crippen LogP contribution in [0, 0.1) is 5.82 Å². The Labute approximate surface area is 160 Å². The van der Waals surface area contributed by atoms with Crippen molar-refractivity contribution in [3.05, 3.63) is 30.1 Å². The maximum absolute atomic E-state index is 13.1. The Hall–Kier alpha value is -2.15. The van der Waals surface area contributed by atoms with E-state index in [0.29, 0.717) is 26.1 Å². The number of piperazine rings is 1. The normalized spacial score (nSPS) is 20.8. The Morgan fingerprint density at radius 3 is 2.37 bits per heavy atom. The van der Waals surface area contributed by atoms with Crippen LogP contribution in [-0.2, 0) is 9.59 Å². The lowest BCUT2D eigenvalue weighted by Crippen LogP contribution is -2.50. The number of carbonyl (C=O) groups excluding carboxylic acids is 2. The highest BCUT2D eigenvalue weighted by Gasteiger charge is 2.32. The molecule has 0 aromatic heterocycles. The molecule has 1 aromatic carbocycles. The van der Waals surface area contributed by atoms with Crippen molar-refractivity contribution < 1.29 is 14.0 Å². The minimum Gasteiger partial charge on any atom is -0.368 e. The third kappa shape index (κ3) is 4.77. The van der Waals surface area contributed by atoms with E-state index in [2.05, 4.69) is 9.80 Å². The van der Waals surface area contributed by atoms with Crippen LogP contribution in [0.25, 0.3) is 0 Å². The molecule has 6 nitrogen and oxygen atoms in total. The van der Waals surface area contributed by atoms with Crippen molar-refractivity contribution in [1.29, 1.82) is 0 Å². The minimum absolute atomic E-state index is 0.0804. The van der Waals surface area contributed by atoms with Crippen molar-refractivity contribution >= 4 is 17.5 Å². The van der Waals surface area contributed by atoms with Crippen LogP contribution in [0.2, 0.25) is 0 Å². The molecule has 3 rings (SSSR count). The molecule has 0 spiro atoms. The molecule has 7 heteroatoms. The molecule has 2 heterocycles. The number of rotatable bonds is 5. The van der Waals surface area contributed by atoms with Crippen LogP contribution < -0.4 is 4.90 Å². The van der Waals surface area contributed by atoms with E-state index in [9.17, 15) is 14.0 Å². The zero-order valence-electron chi connectivity index (χ0n) is 16.2. The number of amides is 2. The van der Waals surface area contributed by atoms with Crippen LogP contribution in [0.5, 0.6) is 0 Å². The van der Waals surface area contributed by atoms with E-state index in [4.69, 9.17) is 0 Å². The van der Waals surface area contributed by atoms with Crippen LogP contribution in [0.4, 0.5) is 10.1 Å². The van der Waals surface area contributed by atoms with Gasteiger partial charge in [-0.3, -0.25) is 14.5 Å². The number of nitrogens with zero attached hydrogens (tertiary/aromatic N) is 4. The molecule has 0 aliphatic carbocycles. The Morgan fingerprint density at radius 2 is 1.74 bits per heavy atom. The molecule has 0 saturated carbocycles. The quantitative estimate of drug-likeness (QED) is 0.780. The average molecular weight is 376 g/mol. The van der Waals surface area contributed by atoms with Crippen molar-refractivity contribution in [2.45, 2.75) is 25.3 Å². The number of hydrogen-bond donors (Lipinski definition) is 0. The summed E-state index contributed by atoms with van der Waals surface area (Å²) < 4.78 is 13.1. The van der Waals surface area contributed by atoms with Gasteiger partial charge in [0.1, 0.15) is 5.82 Å². The highest BCUT2D eigenvalue weighted by Crippen LogP contribution is 2.20. The largest absolute Gasteiger partial charge is 0.368 e. The van der Waals surface area contributed by atoms with Crippen LogP contribution in [0.3, 0.4) is 0 Å². The Kier molecular flexibility index (Phi) is 6.31. The lowest BCUT2D eigenvalue weighted by Gasteiger charge is -2.36. The molecule has 1 atom stereocenters. The maximum atomic E-state index is 13.1. The summed E-state index contributed by atoms with van der Waals surface area (Å²) in [5, 5.41) is 0. The van der Waals surface area contributed by atoms with Gasteiger partial charge in [-0.15, -0.1) is 0 Å². The molecule has 2 aliphatic rings. The SMILES string of the molecule is CN(C)C(=O)C1CCCN1CCC(=O)N1CCN(c2ccc(F)cc2)CC1. The van der Waals surface area contributed by atoms with Gasteiger partial charge in [-0.05, 0) is 43.7 Å². The van der Waals surface area contributed by atoms with E-state index < -0.39 is 0 Å². The predicted octanol–water partition coefficient (Wildman–Crippen LogP) is 1.42. The smallest absolute Gasteiger partial charge is 0.239 e. The fraction of sp³-hybridized carbons (Fsp3) is 0.600. The van der Waals surface area contributed by atoms with Gasteiger partial charge in [-0.25, -0.2) is 4.39 Å². The van der Waals surface area contributed by atoms with Gasteiger partial charge in [0.05, 0.1) is 6.04 Å². The number of anilines is 1. The topological polar surface area (TPSA) is 47.1 Å². The third-order valence-corrected chi connectivity index (χ3v) is 5.53. The van der Waals surface area contributed by atoms with E-state index >= 15 is 0 Å². The second-order valence-electron chi connectivity index (χ2n) is 7.52. The fourth-order valence-electron chi connectivity index (χ4n) is 3.93. The summed E-state index contributed by atoms with van der Waals surface area (Å²) in [6.45, 7) is 4.38. The number of hydrogen-bond acceptors (Lipinski definition) is 4. The molecule has 1 unspecified atom stereocenters. The zero-order chi connectivity index (χ0) is 19.4. The van der Waals surface area contributed by atoms with Crippen molar-refractivity contribution in [2.75, 3.05) is 58.3 Å². The lowest BCUT2D eigenvalue weighted by atomic mass is 10.2. The summed E-state index contributed by atoms with van der Waals surface area (Å²) >= 11 is 0. The molecule has 2 saturated heterocycles. The average Bonchev–Trinajstić information content (AvgIpc) is 3.14. The summed E-state index contributed by atoms with van der Waals surface area (Å²) in [6, 6.07) is 6.41. The zero-order valence-corrected chi connectivity index (χ0v) is 16.2. The van der Waals surface area contributed by atoms with Crippen molar-refractivity contribution in [3.8, 4) is 0 Å². The van der Waals surface area contributed by atoms with Crippen molar-refractivity contribution in [1.82, 2.24) is 14.7 Å². The minimum atomic E-state index is -0.236. The number of halogens is 1. The molecule has 27 heavy (non-hydrogen) atoms. The Bertz CT molecular complexity index is 656. The van der Waals surface area contributed by atoms with Gasteiger partial charge < -0.3 is 14.7 Å². The summed E-state index contributed by atoms with van der Waals surface area (Å²) in [5.74, 6) is 0.0464. The second-order valence-corrected chi connectivity index (χ2v) is 7.52. The summed E-state index contributed by atoms with van der Waals surface area (Å²) in [4.78, 5) is 32.7. The summed E-state index contributed by atoms with van der Waals surface area (Å²) in [6.07, 6.45) is 2.34. The van der Waals surface area contributed by atoms with Crippen molar-refractivity contribution in [3.63, 3.8) is 0 Å². The maximum Gasteiger partial charge on any atom is 0.239 e. The van der Waals surface area contributed by atoms with Crippen LogP contribution in [-0.4, -0.2) is 85.9 Å². The van der Waals surface area contributed by atoms with E-state index in [1.807, 2.05) is 4.90 Å². The van der Waals surface area contributed by atoms with Crippen LogP contribution in [0.1, 0.15) is 19.3 Å². The first kappa shape index (κ1) is 19.6. The van der Waals surface area contributed by atoms with Gasteiger partial charge >= 0.3 is 0 Å². The van der Waals surface area contributed by atoms with Gasteiger partial charge in [0.2, 0.25) is 11.8 Å². The first-order chi connectivity index (χ1) is 13.0. The number of likely N-dealkylation sites (tertiary alicyclic amines) is 1. The van der Waals surface area contributed by atoms with E-state index in [-0.39, 0.29) is 23.7 Å². The predicted molar refractivity (Wildman–Crippen MR) is 103 cm³/mol. The molecule has 2 amide bonds. The monoisotopic (exact) mass is 376 g/mol. The van der Waals surface area contributed by atoms with Gasteiger partial charge in [0.25, 0.3) is 0 Å². The van der Waals surface area contributed by atoms with E-state index in [1.54, 1.807) is 31.1 Å². The van der Waals surface area contributed by atoms with Gasteiger partial charge in [0.15, 0.2) is 0 Å². The molecule has 2 fully saturated rings. The van der Waals surface area contributed by atoms with Gasteiger partial charge in [-0.2, -0.15) is 0 Å². The van der Waals surface area contributed by atoms with E-state index in [0.717, 1.165) is 38.2 Å². The van der Waals surface area contributed by atoms with Crippen molar-refractivity contribution in [2.24, 2.45) is 0 Å². The molecule has 0 N–H and O–H groups in total. The lowest BCUT2D eigenvalue weighted by molar-refractivity contribution is -0.135. The Morgan fingerprint density at radius 1 is 1.07 bits per heavy atom. The third-order valence-electron chi connectivity index (χ3n) is 5.53.